The number of aryl methyl sites for hydroxylation is 1. The van der Waals surface area contributed by atoms with Crippen molar-refractivity contribution >= 4 is 31.9 Å². The highest BCUT2D eigenvalue weighted by molar-refractivity contribution is 9.11. The van der Waals surface area contributed by atoms with E-state index in [9.17, 15) is 8.78 Å². The Labute approximate surface area is 133 Å². The van der Waals surface area contributed by atoms with Crippen LogP contribution in [-0.2, 0) is 0 Å². The smallest absolute Gasteiger partial charge is 0.164 e. The summed E-state index contributed by atoms with van der Waals surface area (Å²) in [6.07, 6.45) is 0. The molecule has 0 saturated carbocycles. The number of rotatable bonds is 3. The molecular weight excluding hydrogens is 392 g/mol. The second-order valence-electron chi connectivity index (χ2n) is 4.52. The minimum absolute atomic E-state index is 0.292. The van der Waals surface area contributed by atoms with Gasteiger partial charge in [-0.05, 0) is 43.3 Å². The van der Waals surface area contributed by atoms with Crippen molar-refractivity contribution in [3.63, 3.8) is 0 Å². The summed E-state index contributed by atoms with van der Waals surface area (Å²) in [6, 6.07) is 8.43. The van der Waals surface area contributed by atoms with Crippen LogP contribution >= 0.6 is 31.9 Å². The van der Waals surface area contributed by atoms with E-state index in [1.807, 2.05) is 18.2 Å². The van der Waals surface area contributed by atoms with Crippen molar-refractivity contribution in [1.82, 2.24) is 5.32 Å². The maximum Gasteiger partial charge on any atom is 0.164 e. The summed E-state index contributed by atoms with van der Waals surface area (Å²) in [5.74, 6) is -1.60. The number of nitrogens with one attached hydrogen (secondary N) is 1. The Balaban J connectivity index is 2.55. The van der Waals surface area contributed by atoms with Crippen LogP contribution in [0.5, 0.6) is 0 Å². The lowest BCUT2D eigenvalue weighted by atomic mass is 9.97. The van der Waals surface area contributed by atoms with E-state index in [1.54, 1.807) is 26.1 Å². The van der Waals surface area contributed by atoms with Crippen molar-refractivity contribution in [1.29, 1.82) is 0 Å². The monoisotopic (exact) mass is 403 g/mol. The maximum absolute atomic E-state index is 14.1. The fourth-order valence-corrected chi connectivity index (χ4v) is 3.46. The van der Waals surface area contributed by atoms with E-state index in [0.717, 1.165) is 14.5 Å². The first-order valence-electron chi connectivity index (χ1n) is 6.01. The third kappa shape index (κ3) is 3.10. The lowest BCUT2D eigenvalue weighted by Crippen LogP contribution is -2.19. The summed E-state index contributed by atoms with van der Waals surface area (Å²) < 4.78 is 29.6. The predicted octanol–water partition coefficient (Wildman–Crippen LogP) is 5.11. The number of hydrogen-bond donors (Lipinski definition) is 1. The summed E-state index contributed by atoms with van der Waals surface area (Å²) in [5, 5.41) is 3.03. The molecule has 5 heteroatoms. The molecule has 1 atom stereocenters. The topological polar surface area (TPSA) is 12.0 Å². The number of benzene rings is 2. The molecule has 0 amide bonds. The van der Waals surface area contributed by atoms with Gasteiger partial charge in [-0.25, -0.2) is 8.78 Å². The van der Waals surface area contributed by atoms with E-state index in [0.29, 0.717) is 11.1 Å². The van der Waals surface area contributed by atoms with Crippen molar-refractivity contribution < 1.29 is 8.78 Å². The van der Waals surface area contributed by atoms with E-state index in [1.165, 1.54) is 0 Å². The minimum atomic E-state index is -0.805. The van der Waals surface area contributed by atoms with Gasteiger partial charge in [0.25, 0.3) is 0 Å². The molecule has 1 nitrogen and oxygen atoms in total. The molecule has 0 heterocycles. The van der Waals surface area contributed by atoms with Crippen LogP contribution < -0.4 is 5.32 Å². The van der Waals surface area contributed by atoms with Crippen LogP contribution in [0.15, 0.2) is 39.3 Å². The van der Waals surface area contributed by atoms with Crippen molar-refractivity contribution in [2.45, 2.75) is 13.0 Å². The maximum atomic E-state index is 14.1. The van der Waals surface area contributed by atoms with E-state index >= 15 is 0 Å². The predicted molar refractivity (Wildman–Crippen MR) is 83.8 cm³/mol. The molecule has 2 aromatic rings. The summed E-state index contributed by atoms with van der Waals surface area (Å²) in [7, 11) is 1.72. The first-order valence-corrected chi connectivity index (χ1v) is 7.60. The Hall–Kier alpha value is -0.780. The van der Waals surface area contributed by atoms with Crippen LogP contribution in [0.1, 0.15) is 22.7 Å². The van der Waals surface area contributed by atoms with Gasteiger partial charge < -0.3 is 5.32 Å². The lowest BCUT2D eigenvalue weighted by molar-refractivity contribution is 0.482. The molecule has 1 N–H and O–H groups in total. The largest absolute Gasteiger partial charge is 0.309 e. The highest BCUT2D eigenvalue weighted by Crippen LogP contribution is 2.30. The lowest BCUT2D eigenvalue weighted by Gasteiger charge is -2.19. The van der Waals surface area contributed by atoms with E-state index in [4.69, 9.17) is 0 Å². The Morgan fingerprint density at radius 3 is 2.15 bits per heavy atom. The summed E-state index contributed by atoms with van der Waals surface area (Å²) in [4.78, 5) is 0. The van der Waals surface area contributed by atoms with Gasteiger partial charge in [-0.2, -0.15) is 0 Å². The van der Waals surface area contributed by atoms with Gasteiger partial charge in [0.15, 0.2) is 11.6 Å². The number of halogens is 4. The Morgan fingerprint density at radius 2 is 1.60 bits per heavy atom. The van der Waals surface area contributed by atoms with Crippen molar-refractivity contribution in [2.75, 3.05) is 7.05 Å². The molecule has 20 heavy (non-hydrogen) atoms. The summed E-state index contributed by atoms with van der Waals surface area (Å²) >= 11 is 6.80. The minimum Gasteiger partial charge on any atom is -0.309 e. The first-order chi connectivity index (χ1) is 9.43. The second kappa shape index (κ2) is 6.33. The Kier molecular flexibility index (Phi) is 4.94. The van der Waals surface area contributed by atoms with Crippen LogP contribution in [0.25, 0.3) is 0 Å². The quantitative estimate of drug-likeness (QED) is 0.749. The van der Waals surface area contributed by atoms with Crippen molar-refractivity contribution in [3.05, 3.63) is 67.6 Å². The molecule has 0 saturated heterocycles. The zero-order chi connectivity index (χ0) is 14.9. The van der Waals surface area contributed by atoms with E-state index in [-0.39, 0.29) is 0 Å². The Bertz CT molecular complexity index is 624. The van der Waals surface area contributed by atoms with Gasteiger partial charge in [-0.15, -0.1) is 0 Å². The van der Waals surface area contributed by atoms with Crippen molar-refractivity contribution in [2.24, 2.45) is 0 Å². The standard InChI is InChI=1S/C15H13Br2F2N/c1-8-3-4-12(14(19)13(8)18)15(20-2)9-5-10(16)7-11(17)6-9/h3-7,15,20H,1-2H3. The van der Waals surface area contributed by atoms with Gasteiger partial charge in [0.1, 0.15) is 0 Å². The zero-order valence-corrected chi connectivity index (χ0v) is 14.1. The third-order valence-electron chi connectivity index (χ3n) is 3.12. The molecule has 1 unspecified atom stereocenters. The van der Waals surface area contributed by atoms with Gasteiger partial charge >= 0.3 is 0 Å². The SMILES string of the molecule is CNC(c1cc(Br)cc(Br)c1)c1ccc(C)c(F)c1F. The zero-order valence-electron chi connectivity index (χ0n) is 11.0. The molecule has 2 rings (SSSR count). The summed E-state index contributed by atoms with van der Waals surface area (Å²) in [6.45, 7) is 1.55. The second-order valence-corrected chi connectivity index (χ2v) is 6.36. The normalized spacial score (nSPS) is 12.5. The van der Waals surface area contributed by atoms with Crippen LogP contribution in [0.2, 0.25) is 0 Å². The van der Waals surface area contributed by atoms with Crippen molar-refractivity contribution in [3.8, 4) is 0 Å². The molecule has 0 spiro atoms. The molecular formula is C15H13Br2F2N. The van der Waals surface area contributed by atoms with Gasteiger partial charge in [-0.3, -0.25) is 0 Å². The third-order valence-corrected chi connectivity index (χ3v) is 4.04. The van der Waals surface area contributed by atoms with Gasteiger partial charge in [0, 0.05) is 14.5 Å². The molecule has 2 aromatic carbocycles. The van der Waals surface area contributed by atoms with Gasteiger partial charge in [0.2, 0.25) is 0 Å². The molecule has 0 aliphatic carbocycles. The Morgan fingerprint density at radius 1 is 1.00 bits per heavy atom. The molecule has 0 radical (unpaired) electrons. The highest BCUT2D eigenvalue weighted by Gasteiger charge is 2.20. The fourth-order valence-electron chi connectivity index (χ4n) is 2.13. The molecule has 0 aliphatic rings. The average molecular weight is 405 g/mol. The molecule has 0 fully saturated rings. The molecule has 0 aromatic heterocycles. The first kappa shape index (κ1) is 15.6. The molecule has 0 bridgehead atoms. The van der Waals surface area contributed by atoms with Gasteiger partial charge in [-0.1, -0.05) is 44.0 Å². The van der Waals surface area contributed by atoms with E-state index in [2.05, 4.69) is 37.2 Å². The molecule has 0 aliphatic heterocycles. The average Bonchev–Trinajstić information content (AvgIpc) is 2.38. The summed E-state index contributed by atoms with van der Waals surface area (Å²) in [5.41, 5.74) is 1.44. The van der Waals surface area contributed by atoms with E-state index < -0.39 is 17.7 Å². The van der Waals surface area contributed by atoms with Crippen LogP contribution in [-0.4, -0.2) is 7.05 Å². The van der Waals surface area contributed by atoms with Crippen LogP contribution in [0, 0.1) is 18.6 Å². The number of hydrogen-bond acceptors (Lipinski definition) is 1. The van der Waals surface area contributed by atoms with Gasteiger partial charge in [0.05, 0.1) is 6.04 Å². The molecule has 106 valence electrons. The fraction of sp³-hybridized carbons (Fsp3) is 0.200. The van der Waals surface area contributed by atoms with Crippen LogP contribution in [0.3, 0.4) is 0 Å². The highest BCUT2D eigenvalue weighted by atomic mass is 79.9. The van der Waals surface area contributed by atoms with Crippen LogP contribution in [0.4, 0.5) is 8.78 Å².